The van der Waals surface area contributed by atoms with Crippen molar-refractivity contribution in [3.63, 3.8) is 0 Å². The molecular formula is C25H20Cl3F6NO2. The Kier molecular flexibility index (Phi) is 8.61. The number of ketones is 1. The van der Waals surface area contributed by atoms with E-state index in [4.69, 9.17) is 34.8 Å². The molecule has 1 unspecified atom stereocenters. The number of allylic oxidation sites excluding steroid dienone is 1. The van der Waals surface area contributed by atoms with E-state index in [1.54, 1.807) is 6.92 Å². The second kappa shape index (κ2) is 10.9. The van der Waals surface area contributed by atoms with Crippen molar-refractivity contribution in [2.75, 3.05) is 6.54 Å². The van der Waals surface area contributed by atoms with Gasteiger partial charge in [-0.15, -0.1) is 0 Å². The number of rotatable bonds is 8. The number of benzene rings is 2. The fraction of sp³-hybridized carbons (Fsp3) is 0.360. The van der Waals surface area contributed by atoms with E-state index in [1.807, 2.05) is 0 Å². The van der Waals surface area contributed by atoms with Gasteiger partial charge in [0.2, 0.25) is 5.91 Å². The van der Waals surface area contributed by atoms with Crippen molar-refractivity contribution in [3.05, 3.63) is 73.7 Å². The molecule has 2 aromatic rings. The van der Waals surface area contributed by atoms with Crippen LogP contribution >= 0.6 is 34.8 Å². The number of halogens is 9. The number of nitrogens with one attached hydrogen (secondary N) is 1. The lowest BCUT2D eigenvalue weighted by atomic mass is 9.91. The predicted molar refractivity (Wildman–Crippen MR) is 130 cm³/mol. The number of alkyl halides is 6. The minimum Gasteiger partial charge on any atom is -0.356 e. The zero-order valence-corrected chi connectivity index (χ0v) is 21.4. The molecule has 0 bridgehead atoms. The highest BCUT2D eigenvalue weighted by molar-refractivity contribution is 6.48. The molecule has 1 aliphatic carbocycles. The highest BCUT2D eigenvalue weighted by Crippen LogP contribution is 2.50. The molecule has 200 valence electrons. The molecule has 0 radical (unpaired) electrons. The van der Waals surface area contributed by atoms with Gasteiger partial charge < -0.3 is 5.32 Å². The molecule has 1 fully saturated rings. The van der Waals surface area contributed by atoms with Crippen molar-refractivity contribution in [2.45, 2.75) is 44.5 Å². The first-order chi connectivity index (χ1) is 17.1. The Labute approximate surface area is 223 Å². The quantitative estimate of drug-likeness (QED) is 0.191. The number of hydrogen-bond acceptors (Lipinski definition) is 2. The summed E-state index contributed by atoms with van der Waals surface area (Å²) in [6.45, 7) is 2.00. The van der Waals surface area contributed by atoms with E-state index in [0.29, 0.717) is 31.5 Å². The Bertz CT molecular complexity index is 1210. The summed E-state index contributed by atoms with van der Waals surface area (Å²) in [4.78, 5) is 25.0. The molecule has 1 N–H and O–H groups in total. The van der Waals surface area contributed by atoms with Crippen LogP contribution in [0.25, 0.3) is 6.08 Å². The first-order valence-corrected chi connectivity index (χ1v) is 12.1. The van der Waals surface area contributed by atoms with Crippen LogP contribution in [0.5, 0.6) is 0 Å². The fourth-order valence-corrected chi connectivity index (χ4v) is 4.51. The summed E-state index contributed by atoms with van der Waals surface area (Å²) in [7, 11) is 0. The van der Waals surface area contributed by atoms with Crippen molar-refractivity contribution >= 4 is 52.6 Å². The van der Waals surface area contributed by atoms with E-state index in [2.05, 4.69) is 5.32 Å². The SMILES string of the molecule is CCNC(=O)C1(CC(=O)c2ccc(/C=C/C(c3cc(Cl)c(Cl)c(Cl)c3)C(F)(F)F)cc2C(F)(F)F)CC1. The van der Waals surface area contributed by atoms with Crippen LogP contribution < -0.4 is 5.32 Å². The maximum absolute atomic E-state index is 13.8. The van der Waals surface area contributed by atoms with Crippen molar-refractivity contribution in [3.8, 4) is 0 Å². The van der Waals surface area contributed by atoms with Crippen molar-refractivity contribution in [1.29, 1.82) is 0 Å². The summed E-state index contributed by atoms with van der Waals surface area (Å²) in [5.41, 5.74) is -3.55. The summed E-state index contributed by atoms with van der Waals surface area (Å²) in [6.07, 6.45) is -7.88. The van der Waals surface area contributed by atoms with E-state index >= 15 is 0 Å². The van der Waals surface area contributed by atoms with Gasteiger partial charge in [0.15, 0.2) is 5.78 Å². The van der Waals surface area contributed by atoms with Gasteiger partial charge in [0.05, 0.1) is 32.0 Å². The minimum atomic E-state index is -4.96. The second-order valence-corrected chi connectivity index (χ2v) is 9.91. The molecule has 0 heterocycles. The Morgan fingerprint density at radius 1 is 1.03 bits per heavy atom. The highest BCUT2D eigenvalue weighted by Gasteiger charge is 2.51. The van der Waals surface area contributed by atoms with E-state index < -0.39 is 52.9 Å². The summed E-state index contributed by atoms with van der Waals surface area (Å²) in [5, 5.41) is 2.03. The molecule has 12 heteroatoms. The van der Waals surface area contributed by atoms with E-state index in [1.165, 1.54) is 0 Å². The smallest absolute Gasteiger partial charge is 0.356 e. The number of hydrogen-bond donors (Lipinski definition) is 1. The zero-order valence-electron chi connectivity index (χ0n) is 19.2. The molecule has 1 aliphatic rings. The molecule has 3 nitrogen and oxygen atoms in total. The molecule has 2 aromatic carbocycles. The standard InChI is InChI=1S/C25H20Cl3F6NO2/c1-2-35-22(37)23(7-8-23)12-20(36)15-5-3-13(9-17(15)25(32,33)34)4-6-16(24(29,30)31)14-10-18(26)21(28)19(27)11-14/h3-6,9-11,16H,2,7-8,12H2,1H3,(H,35,37)/b6-4+. The molecule has 0 spiro atoms. The summed E-state index contributed by atoms with van der Waals surface area (Å²) in [6, 6.07) is 4.58. The monoisotopic (exact) mass is 585 g/mol. The predicted octanol–water partition coefficient (Wildman–Crippen LogP) is 8.51. The average molecular weight is 587 g/mol. The van der Waals surface area contributed by atoms with Gasteiger partial charge in [-0.25, -0.2) is 0 Å². The third-order valence-corrected chi connectivity index (χ3v) is 7.22. The van der Waals surface area contributed by atoms with Crippen LogP contribution in [0.4, 0.5) is 26.3 Å². The van der Waals surface area contributed by atoms with Gasteiger partial charge in [0.1, 0.15) is 0 Å². The van der Waals surface area contributed by atoms with Crippen LogP contribution in [0.15, 0.2) is 36.4 Å². The number of amides is 1. The van der Waals surface area contributed by atoms with Gasteiger partial charge >= 0.3 is 12.4 Å². The molecule has 1 atom stereocenters. The van der Waals surface area contributed by atoms with Crippen molar-refractivity contribution in [2.24, 2.45) is 5.41 Å². The van der Waals surface area contributed by atoms with Crippen LogP contribution in [0.2, 0.25) is 15.1 Å². The highest BCUT2D eigenvalue weighted by atomic mass is 35.5. The van der Waals surface area contributed by atoms with Gasteiger partial charge in [0.25, 0.3) is 0 Å². The molecule has 37 heavy (non-hydrogen) atoms. The van der Waals surface area contributed by atoms with Gasteiger partial charge in [-0.2, -0.15) is 26.3 Å². The Morgan fingerprint density at radius 2 is 1.62 bits per heavy atom. The van der Waals surface area contributed by atoms with Gasteiger partial charge in [-0.05, 0) is 49.1 Å². The van der Waals surface area contributed by atoms with Gasteiger partial charge in [-0.3, -0.25) is 9.59 Å². The summed E-state index contributed by atoms with van der Waals surface area (Å²) in [5.74, 6) is -3.51. The van der Waals surface area contributed by atoms with Gasteiger partial charge in [-0.1, -0.05) is 59.1 Å². The van der Waals surface area contributed by atoms with Crippen molar-refractivity contribution in [1.82, 2.24) is 5.32 Å². The average Bonchev–Trinajstić information content (AvgIpc) is 3.56. The molecule has 3 rings (SSSR count). The fourth-order valence-electron chi connectivity index (χ4n) is 3.90. The largest absolute Gasteiger partial charge is 0.417 e. The summed E-state index contributed by atoms with van der Waals surface area (Å²) < 4.78 is 82.8. The maximum Gasteiger partial charge on any atom is 0.417 e. The summed E-state index contributed by atoms with van der Waals surface area (Å²) >= 11 is 17.5. The van der Waals surface area contributed by atoms with Crippen molar-refractivity contribution < 1.29 is 35.9 Å². The molecule has 0 aromatic heterocycles. The van der Waals surface area contributed by atoms with Crippen LogP contribution in [0, 0.1) is 5.41 Å². The lowest BCUT2D eigenvalue weighted by Crippen LogP contribution is -2.33. The van der Waals surface area contributed by atoms with Crippen LogP contribution in [-0.4, -0.2) is 24.4 Å². The Balaban J connectivity index is 1.95. The molecule has 1 amide bonds. The normalized spacial score (nSPS) is 16.1. The lowest BCUT2D eigenvalue weighted by molar-refractivity contribution is -0.139. The van der Waals surface area contributed by atoms with Gasteiger partial charge in [0, 0.05) is 18.5 Å². The maximum atomic E-state index is 13.8. The number of carbonyl (C=O) groups excluding carboxylic acids is 2. The molecular weight excluding hydrogens is 567 g/mol. The Hall–Kier alpha value is -2.23. The van der Waals surface area contributed by atoms with Crippen LogP contribution in [0.1, 0.15) is 59.2 Å². The first kappa shape index (κ1) is 29.3. The van der Waals surface area contributed by atoms with E-state index in [-0.39, 0.29) is 26.2 Å². The third kappa shape index (κ3) is 6.81. The third-order valence-electron chi connectivity index (χ3n) is 6.02. The first-order valence-electron chi connectivity index (χ1n) is 11.0. The van der Waals surface area contributed by atoms with E-state index in [9.17, 15) is 35.9 Å². The molecule has 1 saturated carbocycles. The van der Waals surface area contributed by atoms with Crippen LogP contribution in [-0.2, 0) is 11.0 Å². The zero-order chi connectivity index (χ0) is 27.8. The van der Waals surface area contributed by atoms with Crippen LogP contribution in [0.3, 0.4) is 0 Å². The molecule has 0 saturated heterocycles. The topological polar surface area (TPSA) is 46.2 Å². The minimum absolute atomic E-state index is 0.132. The molecule has 0 aliphatic heterocycles. The lowest BCUT2D eigenvalue weighted by Gasteiger charge is -2.19. The second-order valence-electron chi connectivity index (χ2n) is 8.72. The number of carbonyl (C=O) groups is 2. The van der Waals surface area contributed by atoms with E-state index in [0.717, 1.165) is 30.3 Å². The number of Topliss-reactive ketones (excluding diaryl/α,β-unsaturated/α-hetero) is 1. The Morgan fingerprint density at radius 3 is 2.11 bits per heavy atom.